The molecule has 1 aromatic rings. The van der Waals surface area contributed by atoms with E-state index in [0.717, 1.165) is 26.2 Å². The summed E-state index contributed by atoms with van der Waals surface area (Å²) in [6.45, 7) is 6.47. The third kappa shape index (κ3) is 2.55. The molecule has 0 saturated carbocycles. The lowest BCUT2D eigenvalue weighted by Crippen LogP contribution is -2.35. The Hall–Kier alpha value is -0.910. The number of amides is 1. The van der Waals surface area contributed by atoms with E-state index in [0.29, 0.717) is 5.92 Å². The number of rotatable bonds is 3. The van der Waals surface area contributed by atoms with Crippen LogP contribution in [0, 0.1) is 12.8 Å². The Morgan fingerprint density at radius 2 is 2.37 bits per heavy atom. The first kappa shape index (κ1) is 13.1. The van der Waals surface area contributed by atoms with E-state index in [2.05, 4.69) is 24.4 Å². The first-order valence-corrected chi connectivity index (χ1v) is 7.67. The quantitative estimate of drug-likeness (QED) is 0.919. The number of carbonyl (C=O) groups is 1. The van der Waals surface area contributed by atoms with Crippen LogP contribution < -0.4 is 5.32 Å². The molecule has 0 radical (unpaired) electrons. The van der Waals surface area contributed by atoms with Crippen LogP contribution in [0.15, 0.2) is 12.1 Å². The predicted octanol–water partition coefficient (Wildman–Crippen LogP) is 1.91. The Morgan fingerprint density at radius 1 is 1.53 bits per heavy atom. The molecule has 3 atom stereocenters. The van der Waals surface area contributed by atoms with E-state index >= 15 is 0 Å². The average molecular weight is 280 g/mol. The topological polar surface area (TPSA) is 41.6 Å². The summed E-state index contributed by atoms with van der Waals surface area (Å²) in [5, 5.41) is 3.40. The molecular weight excluding hydrogens is 260 g/mol. The molecule has 0 spiro atoms. The molecule has 4 nitrogen and oxygen atoms in total. The minimum atomic E-state index is -0.0882. The highest BCUT2D eigenvalue weighted by molar-refractivity contribution is 7.12. The molecule has 0 bridgehead atoms. The SMILES string of the molecule is Cc1ccc(C2NC(C)C(=O)N2CC2CCOC2)s1. The molecular formula is C14H20N2O2S. The molecule has 0 aromatic carbocycles. The summed E-state index contributed by atoms with van der Waals surface area (Å²) in [6, 6.07) is 4.15. The Kier molecular flexibility index (Phi) is 3.60. The molecule has 1 N–H and O–H groups in total. The van der Waals surface area contributed by atoms with Gasteiger partial charge in [-0.1, -0.05) is 0 Å². The molecule has 2 aliphatic heterocycles. The van der Waals surface area contributed by atoms with Crippen LogP contribution >= 0.6 is 11.3 Å². The molecule has 2 saturated heterocycles. The van der Waals surface area contributed by atoms with Crippen LogP contribution in [0.1, 0.15) is 29.3 Å². The molecule has 3 unspecified atom stereocenters. The van der Waals surface area contributed by atoms with Crippen molar-refractivity contribution in [2.75, 3.05) is 19.8 Å². The van der Waals surface area contributed by atoms with Gasteiger partial charge < -0.3 is 9.64 Å². The monoisotopic (exact) mass is 280 g/mol. The van der Waals surface area contributed by atoms with Crippen molar-refractivity contribution in [1.29, 1.82) is 0 Å². The minimum Gasteiger partial charge on any atom is -0.381 e. The lowest BCUT2D eigenvalue weighted by molar-refractivity contribution is -0.130. The summed E-state index contributed by atoms with van der Waals surface area (Å²) in [4.78, 5) is 16.8. The maximum atomic E-state index is 12.3. The van der Waals surface area contributed by atoms with Crippen molar-refractivity contribution in [1.82, 2.24) is 10.2 Å². The molecule has 0 aliphatic carbocycles. The standard InChI is InChI=1S/C14H20N2O2S/c1-9-3-4-12(19-9)13-15-10(2)14(17)16(13)7-11-5-6-18-8-11/h3-4,10-11,13,15H,5-8H2,1-2H3. The zero-order chi connectivity index (χ0) is 13.4. The van der Waals surface area contributed by atoms with Gasteiger partial charge in [0.1, 0.15) is 6.17 Å². The lowest BCUT2D eigenvalue weighted by Gasteiger charge is -2.25. The molecule has 5 heteroatoms. The third-order valence-electron chi connectivity index (χ3n) is 3.88. The highest BCUT2D eigenvalue weighted by atomic mass is 32.1. The van der Waals surface area contributed by atoms with Crippen LogP contribution in [0.2, 0.25) is 0 Å². The lowest BCUT2D eigenvalue weighted by atomic mass is 10.1. The van der Waals surface area contributed by atoms with E-state index in [-0.39, 0.29) is 18.1 Å². The number of ether oxygens (including phenoxy) is 1. The van der Waals surface area contributed by atoms with E-state index in [1.807, 2.05) is 11.8 Å². The van der Waals surface area contributed by atoms with Gasteiger partial charge >= 0.3 is 0 Å². The van der Waals surface area contributed by atoms with Gasteiger partial charge in [-0.3, -0.25) is 10.1 Å². The van der Waals surface area contributed by atoms with Gasteiger partial charge in [0, 0.05) is 28.8 Å². The zero-order valence-corrected chi connectivity index (χ0v) is 12.2. The van der Waals surface area contributed by atoms with Crippen molar-refractivity contribution >= 4 is 17.2 Å². The van der Waals surface area contributed by atoms with E-state index < -0.39 is 0 Å². The fourth-order valence-corrected chi connectivity index (χ4v) is 3.76. The molecule has 3 heterocycles. The summed E-state index contributed by atoms with van der Waals surface area (Å²) in [5.41, 5.74) is 0. The van der Waals surface area contributed by atoms with E-state index in [9.17, 15) is 4.79 Å². The zero-order valence-electron chi connectivity index (χ0n) is 11.4. The normalized spacial score (nSPS) is 31.4. The van der Waals surface area contributed by atoms with Gasteiger partial charge in [-0.25, -0.2) is 0 Å². The molecule has 19 heavy (non-hydrogen) atoms. The van der Waals surface area contributed by atoms with E-state index in [1.54, 1.807) is 11.3 Å². The summed E-state index contributed by atoms with van der Waals surface area (Å²) in [6.07, 6.45) is 1.11. The number of hydrogen-bond donors (Lipinski definition) is 1. The largest absolute Gasteiger partial charge is 0.381 e. The van der Waals surface area contributed by atoms with Crippen molar-refractivity contribution in [3.8, 4) is 0 Å². The molecule has 3 rings (SSSR count). The van der Waals surface area contributed by atoms with Crippen molar-refractivity contribution in [3.05, 3.63) is 21.9 Å². The van der Waals surface area contributed by atoms with Crippen LogP contribution in [0.4, 0.5) is 0 Å². The number of thiophene rings is 1. The molecule has 2 aliphatic rings. The highest BCUT2D eigenvalue weighted by Gasteiger charge is 2.39. The van der Waals surface area contributed by atoms with E-state index in [4.69, 9.17) is 4.74 Å². The van der Waals surface area contributed by atoms with Crippen LogP contribution in [-0.4, -0.2) is 36.6 Å². The van der Waals surface area contributed by atoms with Gasteiger partial charge in [0.2, 0.25) is 5.91 Å². The van der Waals surface area contributed by atoms with Gasteiger partial charge in [0.05, 0.1) is 12.6 Å². The third-order valence-corrected chi connectivity index (χ3v) is 4.94. The number of nitrogens with one attached hydrogen (secondary N) is 1. The Morgan fingerprint density at radius 3 is 3.00 bits per heavy atom. The second-order valence-electron chi connectivity index (χ2n) is 5.46. The van der Waals surface area contributed by atoms with Crippen LogP contribution in [-0.2, 0) is 9.53 Å². The fourth-order valence-electron chi connectivity index (χ4n) is 2.81. The molecule has 1 amide bonds. The van der Waals surface area contributed by atoms with Crippen LogP contribution in [0.3, 0.4) is 0 Å². The fraction of sp³-hybridized carbons (Fsp3) is 0.643. The maximum absolute atomic E-state index is 12.3. The number of nitrogens with zero attached hydrogens (tertiary/aromatic N) is 1. The van der Waals surface area contributed by atoms with Crippen LogP contribution in [0.5, 0.6) is 0 Å². The van der Waals surface area contributed by atoms with E-state index in [1.165, 1.54) is 9.75 Å². The van der Waals surface area contributed by atoms with Gasteiger partial charge in [-0.05, 0) is 32.4 Å². The van der Waals surface area contributed by atoms with Gasteiger partial charge in [-0.15, -0.1) is 11.3 Å². The van der Waals surface area contributed by atoms with Crippen molar-refractivity contribution < 1.29 is 9.53 Å². The van der Waals surface area contributed by atoms with Crippen molar-refractivity contribution in [2.45, 2.75) is 32.5 Å². The second kappa shape index (κ2) is 5.23. The van der Waals surface area contributed by atoms with Crippen molar-refractivity contribution in [3.63, 3.8) is 0 Å². The minimum absolute atomic E-state index is 0.0433. The summed E-state index contributed by atoms with van der Waals surface area (Å²) in [5.74, 6) is 0.697. The molecule has 2 fully saturated rings. The Labute approximate surface area is 117 Å². The molecule has 1 aromatic heterocycles. The first-order valence-electron chi connectivity index (χ1n) is 6.86. The van der Waals surface area contributed by atoms with Crippen molar-refractivity contribution in [2.24, 2.45) is 5.92 Å². The highest BCUT2D eigenvalue weighted by Crippen LogP contribution is 2.31. The average Bonchev–Trinajstić information content (AvgIpc) is 3.08. The summed E-state index contributed by atoms with van der Waals surface area (Å²) >= 11 is 1.76. The maximum Gasteiger partial charge on any atom is 0.241 e. The summed E-state index contributed by atoms with van der Waals surface area (Å²) in [7, 11) is 0. The number of carbonyl (C=O) groups excluding carboxylic acids is 1. The Balaban J connectivity index is 1.78. The second-order valence-corrected chi connectivity index (χ2v) is 6.78. The van der Waals surface area contributed by atoms with Crippen LogP contribution in [0.25, 0.3) is 0 Å². The first-order chi connectivity index (χ1) is 9.15. The number of hydrogen-bond acceptors (Lipinski definition) is 4. The van der Waals surface area contributed by atoms with Gasteiger partial charge in [0.25, 0.3) is 0 Å². The summed E-state index contributed by atoms with van der Waals surface area (Å²) < 4.78 is 5.42. The number of aryl methyl sites for hydroxylation is 1. The predicted molar refractivity (Wildman–Crippen MR) is 75.0 cm³/mol. The van der Waals surface area contributed by atoms with Gasteiger partial charge in [-0.2, -0.15) is 0 Å². The van der Waals surface area contributed by atoms with Gasteiger partial charge in [0.15, 0.2) is 0 Å². The Bertz CT molecular complexity index is 468. The smallest absolute Gasteiger partial charge is 0.241 e. The molecule has 104 valence electrons.